The number of benzene rings is 1. The van der Waals surface area contributed by atoms with E-state index in [2.05, 4.69) is 15.9 Å². The van der Waals surface area contributed by atoms with E-state index in [9.17, 15) is 9.50 Å². The largest absolute Gasteiger partial charge is 0.387 e. The SMILES string of the molecule is Cc1ccc(C(O)Cc2cccc(F)c2Br)s1. The highest BCUT2D eigenvalue weighted by Crippen LogP contribution is 2.29. The molecule has 90 valence electrons. The van der Waals surface area contributed by atoms with Gasteiger partial charge in [0.2, 0.25) is 0 Å². The van der Waals surface area contributed by atoms with Gasteiger partial charge in [0.05, 0.1) is 10.6 Å². The van der Waals surface area contributed by atoms with Crippen molar-refractivity contribution in [3.8, 4) is 0 Å². The minimum atomic E-state index is -0.577. The van der Waals surface area contributed by atoms with E-state index < -0.39 is 6.10 Å². The minimum Gasteiger partial charge on any atom is -0.387 e. The number of rotatable bonds is 3. The maximum absolute atomic E-state index is 13.3. The average Bonchev–Trinajstić information content (AvgIpc) is 2.72. The Labute approximate surface area is 112 Å². The van der Waals surface area contributed by atoms with E-state index in [1.165, 1.54) is 6.07 Å². The molecular formula is C13H12BrFOS. The molecule has 0 saturated heterocycles. The summed E-state index contributed by atoms with van der Waals surface area (Å²) in [5.41, 5.74) is 0.781. The lowest BCUT2D eigenvalue weighted by Crippen LogP contribution is -2.01. The van der Waals surface area contributed by atoms with Crippen molar-refractivity contribution in [3.05, 3.63) is 55.9 Å². The van der Waals surface area contributed by atoms with Gasteiger partial charge in [-0.05, 0) is 46.6 Å². The maximum Gasteiger partial charge on any atom is 0.137 e. The van der Waals surface area contributed by atoms with Crippen molar-refractivity contribution in [1.29, 1.82) is 0 Å². The molecule has 0 bridgehead atoms. The zero-order chi connectivity index (χ0) is 12.4. The predicted octanol–water partition coefficient (Wildman–Crippen LogP) is 4.23. The van der Waals surface area contributed by atoms with Crippen molar-refractivity contribution in [3.63, 3.8) is 0 Å². The molecule has 0 radical (unpaired) electrons. The second-order valence-electron chi connectivity index (χ2n) is 3.88. The molecule has 1 atom stereocenters. The maximum atomic E-state index is 13.3. The van der Waals surface area contributed by atoms with Gasteiger partial charge in [-0.15, -0.1) is 11.3 Å². The fourth-order valence-electron chi connectivity index (χ4n) is 1.65. The topological polar surface area (TPSA) is 20.2 Å². The van der Waals surface area contributed by atoms with Crippen molar-refractivity contribution >= 4 is 27.3 Å². The van der Waals surface area contributed by atoms with Crippen LogP contribution < -0.4 is 0 Å². The number of hydrogen-bond acceptors (Lipinski definition) is 2. The molecule has 2 rings (SSSR count). The quantitative estimate of drug-likeness (QED) is 0.898. The Kier molecular flexibility index (Phi) is 3.97. The molecule has 1 N–H and O–H groups in total. The minimum absolute atomic E-state index is 0.294. The summed E-state index contributed by atoms with van der Waals surface area (Å²) in [6.45, 7) is 2.00. The summed E-state index contributed by atoms with van der Waals surface area (Å²) in [4.78, 5) is 2.08. The Morgan fingerprint density at radius 3 is 2.76 bits per heavy atom. The third-order valence-electron chi connectivity index (χ3n) is 2.53. The molecule has 0 spiro atoms. The third kappa shape index (κ3) is 2.94. The molecule has 0 amide bonds. The number of halogens is 2. The Balaban J connectivity index is 2.18. The molecule has 4 heteroatoms. The zero-order valence-electron chi connectivity index (χ0n) is 9.28. The van der Waals surface area contributed by atoms with Crippen LogP contribution in [0.4, 0.5) is 4.39 Å². The number of aryl methyl sites for hydroxylation is 1. The third-order valence-corrected chi connectivity index (χ3v) is 4.52. The number of aliphatic hydroxyl groups excluding tert-OH is 1. The summed E-state index contributed by atoms with van der Waals surface area (Å²) in [6, 6.07) is 8.76. The zero-order valence-corrected chi connectivity index (χ0v) is 11.7. The molecule has 17 heavy (non-hydrogen) atoms. The van der Waals surface area contributed by atoms with E-state index in [0.29, 0.717) is 10.9 Å². The highest BCUT2D eigenvalue weighted by molar-refractivity contribution is 9.10. The smallest absolute Gasteiger partial charge is 0.137 e. The van der Waals surface area contributed by atoms with Gasteiger partial charge in [0, 0.05) is 16.2 Å². The van der Waals surface area contributed by atoms with Gasteiger partial charge in [-0.1, -0.05) is 12.1 Å². The van der Waals surface area contributed by atoms with E-state index in [1.807, 2.05) is 25.1 Å². The fourth-order valence-corrected chi connectivity index (χ4v) is 2.94. The van der Waals surface area contributed by atoms with Crippen LogP contribution in [0.3, 0.4) is 0 Å². The molecule has 0 saturated carbocycles. The summed E-state index contributed by atoms with van der Waals surface area (Å²) in [7, 11) is 0. The average molecular weight is 315 g/mol. The summed E-state index contributed by atoms with van der Waals surface area (Å²) in [5.74, 6) is -0.294. The van der Waals surface area contributed by atoms with Crippen molar-refractivity contribution in [2.75, 3.05) is 0 Å². The Hall–Kier alpha value is -0.710. The van der Waals surface area contributed by atoms with E-state index >= 15 is 0 Å². The fraction of sp³-hybridized carbons (Fsp3) is 0.231. The van der Waals surface area contributed by atoms with Crippen molar-refractivity contribution in [2.24, 2.45) is 0 Å². The van der Waals surface area contributed by atoms with Crippen LogP contribution in [0.1, 0.15) is 21.4 Å². The molecular weight excluding hydrogens is 303 g/mol. The molecule has 2 aromatic rings. The van der Waals surface area contributed by atoms with Gasteiger partial charge in [0.1, 0.15) is 5.82 Å². The van der Waals surface area contributed by atoms with Gasteiger partial charge in [-0.3, -0.25) is 0 Å². The molecule has 1 nitrogen and oxygen atoms in total. The van der Waals surface area contributed by atoms with Gasteiger partial charge in [0.25, 0.3) is 0 Å². The molecule has 0 aliphatic heterocycles. The van der Waals surface area contributed by atoms with Crippen molar-refractivity contribution in [2.45, 2.75) is 19.4 Å². The van der Waals surface area contributed by atoms with Gasteiger partial charge in [0.15, 0.2) is 0 Å². The Bertz CT molecular complexity index is 524. The lowest BCUT2D eigenvalue weighted by molar-refractivity contribution is 0.182. The van der Waals surface area contributed by atoms with Crippen LogP contribution in [0.5, 0.6) is 0 Å². The van der Waals surface area contributed by atoms with Gasteiger partial charge < -0.3 is 5.11 Å². The lowest BCUT2D eigenvalue weighted by atomic mass is 10.1. The van der Waals surface area contributed by atoms with Crippen LogP contribution in [-0.2, 0) is 6.42 Å². The second kappa shape index (κ2) is 5.29. The molecule has 1 aromatic heterocycles. The highest BCUT2D eigenvalue weighted by atomic mass is 79.9. The van der Waals surface area contributed by atoms with E-state index in [0.717, 1.165) is 15.3 Å². The van der Waals surface area contributed by atoms with Gasteiger partial charge in [-0.25, -0.2) is 4.39 Å². The molecule has 1 unspecified atom stereocenters. The standard InChI is InChI=1S/C13H12BrFOS/c1-8-5-6-12(17-8)11(16)7-9-3-2-4-10(15)13(9)14/h2-6,11,16H,7H2,1H3. The first-order valence-electron chi connectivity index (χ1n) is 5.25. The van der Waals surface area contributed by atoms with Crippen molar-refractivity contribution < 1.29 is 9.50 Å². The number of aliphatic hydroxyl groups is 1. The van der Waals surface area contributed by atoms with Gasteiger partial charge in [-0.2, -0.15) is 0 Å². The summed E-state index contributed by atoms with van der Waals surface area (Å²) in [5, 5.41) is 10.1. The normalized spacial score (nSPS) is 12.7. The molecule has 0 aliphatic carbocycles. The number of hydrogen-bond donors (Lipinski definition) is 1. The predicted molar refractivity (Wildman–Crippen MR) is 71.8 cm³/mol. The second-order valence-corrected chi connectivity index (χ2v) is 5.99. The van der Waals surface area contributed by atoms with Crippen LogP contribution in [0.15, 0.2) is 34.8 Å². The monoisotopic (exact) mass is 314 g/mol. The summed E-state index contributed by atoms with van der Waals surface area (Å²) < 4.78 is 13.7. The summed E-state index contributed by atoms with van der Waals surface area (Å²) >= 11 is 4.77. The highest BCUT2D eigenvalue weighted by Gasteiger charge is 2.13. The van der Waals surface area contributed by atoms with E-state index in [4.69, 9.17) is 0 Å². The van der Waals surface area contributed by atoms with Crippen molar-refractivity contribution in [1.82, 2.24) is 0 Å². The van der Waals surface area contributed by atoms with Gasteiger partial charge >= 0.3 is 0 Å². The number of thiophene rings is 1. The Morgan fingerprint density at radius 1 is 1.35 bits per heavy atom. The lowest BCUT2D eigenvalue weighted by Gasteiger charge is -2.10. The van der Waals surface area contributed by atoms with E-state index in [-0.39, 0.29) is 5.82 Å². The van der Waals surface area contributed by atoms with Crippen LogP contribution in [-0.4, -0.2) is 5.11 Å². The molecule has 0 fully saturated rings. The van der Waals surface area contributed by atoms with Crippen LogP contribution in [0.2, 0.25) is 0 Å². The molecule has 0 aliphatic rings. The van der Waals surface area contributed by atoms with Crippen LogP contribution in [0, 0.1) is 12.7 Å². The van der Waals surface area contributed by atoms with Crippen LogP contribution in [0.25, 0.3) is 0 Å². The first kappa shape index (κ1) is 12.7. The molecule has 1 aromatic carbocycles. The van der Waals surface area contributed by atoms with Crippen LogP contribution >= 0.6 is 27.3 Å². The Morgan fingerprint density at radius 2 is 2.12 bits per heavy atom. The first-order chi connectivity index (χ1) is 8.08. The first-order valence-corrected chi connectivity index (χ1v) is 6.86. The van der Waals surface area contributed by atoms with E-state index in [1.54, 1.807) is 17.4 Å². The summed E-state index contributed by atoms with van der Waals surface area (Å²) in [6.07, 6.45) is -0.162. The molecule has 1 heterocycles.